The minimum Gasteiger partial charge on any atom is -0.455 e. The number of carbonyl (C=O) groups excluding carboxylic acids is 2. The Morgan fingerprint density at radius 2 is 1.64 bits per heavy atom. The summed E-state index contributed by atoms with van der Waals surface area (Å²) in [6.45, 7) is 1.47. The number of ether oxygens (including phenoxy) is 1. The fourth-order valence-electron chi connectivity index (χ4n) is 4.01. The van der Waals surface area contributed by atoms with Gasteiger partial charge in [-0.3, -0.25) is 9.59 Å². The first-order valence-electron chi connectivity index (χ1n) is 9.70. The maximum absolute atomic E-state index is 12.3. The van der Waals surface area contributed by atoms with Crippen molar-refractivity contribution in [3.8, 4) is 0 Å². The third-order valence-electron chi connectivity index (χ3n) is 5.61. The number of piperidine rings is 1. The van der Waals surface area contributed by atoms with Gasteiger partial charge < -0.3 is 9.64 Å². The van der Waals surface area contributed by atoms with E-state index in [1.165, 1.54) is 12.0 Å². The summed E-state index contributed by atoms with van der Waals surface area (Å²) >= 11 is 0. The number of benzene rings is 1. The Morgan fingerprint density at radius 3 is 2.32 bits per heavy atom. The lowest BCUT2D eigenvalue weighted by Gasteiger charge is -2.32. The lowest BCUT2D eigenvalue weighted by molar-refractivity contribution is -0.156. The van der Waals surface area contributed by atoms with E-state index in [1.807, 2.05) is 11.0 Å². The highest BCUT2D eigenvalue weighted by atomic mass is 16.5. The lowest BCUT2D eigenvalue weighted by atomic mass is 9.89. The molecule has 25 heavy (non-hydrogen) atoms. The summed E-state index contributed by atoms with van der Waals surface area (Å²) in [4.78, 5) is 26.2. The molecule has 2 fully saturated rings. The molecular formula is C21H29NO3. The molecule has 1 aliphatic heterocycles. The van der Waals surface area contributed by atoms with Gasteiger partial charge in [0, 0.05) is 13.1 Å². The van der Waals surface area contributed by atoms with Crippen molar-refractivity contribution in [1.29, 1.82) is 0 Å². The van der Waals surface area contributed by atoms with Crippen molar-refractivity contribution in [3.63, 3.8) is 0 Å². The van der Waals surface area contributed by atoms with Crippen molar-refractivity contribution in [1.82, 2.24) is 4.90 Å². The SMILES string of the molecule is O=C(OCC(=O)N1CCC(Cc2ccccc2)CC1)C1CCCCC1. The van der Waals surface area contributed by atoms with Crippen LogP contribution < -0.4 is 0 Å². The summed E-state index contributed by atoms with van der Waals surface area (Å²) in [6.07, 6.45) is 8.37. The van der Waals surface area contributed by atoms with Gasteiger partial charge in [0.25, 0.3) is 5.91 Å². The summed E-state index contributed by atoms with van der Waals surface area (Å²) < 4.78 is 5.29. The van der Waals surface area contributed by atoms with Crippen LogP contribution in [0.4, 0.5) is 0 Å². The van der Waals surface area contributed by atoms with Crippen LogP contribution in [0, 0.1) is 11.8 Å². The molecule has 1 aromatic carbocycles. The molecule has 1 saturated heterocycles. The largest absolute Gasteiger partial charge is 0.455 e. The van der Waals surface area contributed by atoms with Gasteiger partial charge in [-0.25, -0.2) is 0 Å². The maximum atomic E-state index is 12.3. The quantitative estimate of drug-likeness (QED) is 0.768. The standard InChI is InChI=1S/C21H29NO3/c23-20(16-25-21(24)19-9-5-2-6-10-19)22-13-11-18(12-14-22)15-17-7-3-1-4-8-17/h1,3-4,7-8,18-19H,2,5-6,9-16H2. The monoisotopic (exact) mass is 343 g/mol. The summed E-state index contributed by atoms with van der Waals surface area (Å²) in [5, 5.41) is 0. The number of hydrogen-bond donors (Lipinski definition) is 0. The van der Waals surface area contributed by atoms with Crippen molar-refractivity contribution >= 4 is 11.9 Å². The Kier molecular flexibility index (Phi) is 6.48. The molecular weight excluding hydrogens is 314 g/mol. The summed E-state index contributed by atoms with van der Waals surface area (Å²) in [5.74, 6) is 0.434. The fourth-order valence-corrected chi connectivity index (χ4v) is 4.01. The van der Waals surface area contributed by atoms with Crippen molar-refractivity contribution in [2.75, 3.05) is 19.7 Å². The molecule has 1 amide bonds. The first kappa shape index (κ1) is 18.0. The summed E-state index contributed by atoms with van der Waals surface area (Å²) in [7, 11) is 0. The van der Waals surface area contributed by atoms with E-state index in [2.05, 4.69) is 24.3 Å². The number of nitrogens with zero attached hydrogens (tertiary/aromatic N) is 1. The molecule has 3 rings (SSSR count). The molecule has 1 aliphatic carbocycles. The molecule has 1 heterocycles. The Balaban J connectivity index is 1.37. The zero-order valence-corrected chi connectivity index (χ0v) is 15.0. The van der Waals surface area contributed by atoms with Crippen LogP contribution in [0.2, 0.25) is 0 Å². The second-order valence-corrected chi connectivity index (χ2v) is 7.46. The zero-order valence-electron chi connectivity index (χ0n) is 15.0. The molecule has 0 spiro atoms. The normalized spacial score (nSPS) is 19.6. The smallest absolute Gasteiger partial charge is 0.309 e. The Bertz CT molecular complexity index is 558. The predicted molar refractivity (Wildman–Crippen MR) is 97.0 cm³/mol. The molecule has 0 atom stereocenters. The van der Waals surface area contributed by atoms with Crippen LogP contribution in [0.25, 0.3) is 0 Å². The van der Waals surface area contributed by atoms with Crippen LogP contribution in [0.5, 0.6) is 0 Å². The van der Waals surface area contributed by atoms with E-state index in [9.17, 15) is 9.59 Å². The topological polar surface area (TPSA) is 46.6 Å². The van der Waals surface area contributed by atoms with Gasteiger partial charge >= 0.3 is 5.97 Å². The molecule has 0 bridgehead atoms. The lowest BCUT2D eigenvalue weighted by Crippen LogP contribution is -2.41. The van der Waals surface area contributed by atoms with Crippen molar-refractivity contribution in [3.05, 3.63) is 35.9 Å². The fraction of sp³-hybridized carbons (Fsp3) is 0.619. The zero-order chi connectivity index (χ0) is 17.5. The molecule has 136 valence electrons. The highest BCUT2D eigenvalue weighted by Crippen LogP contribution is 2.25. The molecule has 4 heteroatoms. The summed E-state index contributed by atoms with van der Waals surface area (Å²) in [6, 6.07) is 10.5. The molecule has 1 saturated carbocycles. The minimum absolute atomic E-state index is 0.0122. The van der Waals surface area contributed by atoms with E-state index in [0.717, 1.165) is 58.0 Å². The second-order valence-electron chi connectivity index (χ2n) is 7.46. The predicted octanol–water partition coefficient (Wildman–Crippen LogP) is 3.59. The van der Waals surface area contributed by atoms with Gasteiger partial charge in [-0.15, -0.1) is 0 Å². The number of likely N-dealkylation sites (tertiary alicyclic amines) is 1. The molecule has 0 radical (unpaired) electrons. The van der Waals surface area contributed by atoms with E-state index < -0.39 is 0 Å². The van der Waals surface area contributed by atoms with Gasteiger partial charge in [0.05, 0.1) is 5.92 Å². The first-order chi connectivity index (χ1) is 12.2. The van der Waals surface area contributed by atoms with Gasteiger partial charge in [-0.05, 0) is 43.6 Å². The highest BCUT2D eigenvalue weighted by Gasteiger charge is 2.26. The highest BCUT2D eigenvalue weighted by molar-refractivity contribution is 5.81. The average molecular weight is 343 g/mol. The van der Waals surface area contributed by atoms with Crippen LogP contribution in [-0.4, -0.2) is 36.5 Å². The van der Waals surface area contributed by atoms with E-state index >= 15 is 0 Å². The molecule has 1 aromatic rings. The van der Waals surface area contributed by atoms with Gasteiger partial charge in [0.1, 0.15) is 0 Å². The van der Waals surface area contributed by atoms with Gasteiger partial charge in [0.15, 0.2) is 6.61 Å². The minimum atomic E-state index is -0.174. The van der Waals surface area contributed by atoms with Crippen molar-refractivity contribution in [2.45, 2.75) is 51.4 Å². The van der Waals surface area contributed by atoms with E-state index in [-0.39, 0.29) is 24.4 Å². The van der Waals surface area contributed by atoms with E-state index in [1.54, 1.807) is 0 Å². The third-order valence-corrected chi connectivity index (χ3v) is 5.61. The molecule has 4 nitrogen and oxygen atoms in total. The van der Waals surface area contributed by atoms with Crippen LogP contribution in [0.15, 0.2) is 30.3 Å². The molecule has 0 unspecified atom stereocenters. The van der Waals surface area contributed by atoms with Crippen LogP contribution >= 0.6 is 0 Å². The van der Waals surface area contributed by atoms with Gasteiger partial charge in [-0.2, -0.15) is 0 Å². The van der Waals surface area contributed by atoms with E-state index in [0.29, 0.717) is 5.92 Å². The molecule has 2 aliphatic rings. The number of carbonyl (C=O) groups is 2. The van der Waals surface area contributed by atoms with Gasteiger partial charge in [-0.1, -0.05) is 49.6 Å². The van der Waals surface area contributed by atoms with Crippen LogP contribution in [0.1, 0.15) is 50.5 Å². The number of hydrogen-bond acceptors (Lipinski definition) is 3. The molecule has 0 N–H and O–H groups in total. The number of rotatable bonds is 5. The Hall–Kier alpha value is -1.84. The third kappa shape index (κ3) is 5.32. The second kappa shape index (κ2) is 9.02. The Labute approximate surface area is 150 Å². The Morgan fingerprint density at radius 1 is 0.960 bits per heavy atom. The number of amides is 1. The maximum Gasteiger partial charge on any atom is 0.309 e. The van der Waals surface area contributed by atoms with E-state index in [4.69, 9.17) is 4.74 Å². The average Bonchev–Trinajstić information content (AvgIpc) is 2.68. The van der Waals surface area contributed by atoms with Crippen LogP contribution in [0.3, 0.4) is 0 Å². The summed E-state index contributed by atoms with van der Waals surface area (Å²) in [5.41, 5.74) is 1.37. The van der Waals surface area contributed by atoms with Crippen molar-refractivity contribution < 1.29 is 14.3 Å². The van der Waals surface area contributed by atoms with Crippen molar-refractivity contribution in [2.24, 2.45) is 11.8 Å². The van der Waals surface area contributed by atoms with Gasteiger partial charge in [0.2, 0.25) is 0 Å². The van der Waals surface area contributed by atoms with Crippen LogP contribution in [-0.2, 0) is 20.7 Å². The first-order valence-corrected chi connectivity index (χ1v) is 9.70. The molecule has 0 aromatic heterocycles. The number of esters is 1.